The first-order valence-electron chi connectivity index (χ1n) is 8.18. The zero-order chi connectivity index (χ0) is 14.8. The first kappa shape index (κ1) is 16.3. The van der Waals surface area contributed by atoms with E-state index in [-0.39, 0.29) is 22.4 Å². The van der Waals surface area contributed by atoms with Crippen LogP contribution >= 0.6 is 17.0 Å². The zero-order valence-electron chi connectivity index (χ0n) is 12.9. The maximum atomic E-state index is 10.4. The largest absolute Gasteiger partial charge is 0.508 e. The fraction of sp³-hybridized carbons (Fsp3) is 0.667. The number of aliphatic hydroxyl groups excluding tert-OH is 2. The molecule has 3 N–H and O–H groups in total. The molecular weight excluding hydrogens is 344 g/mol. The second-order valence-corrected chi connectivity index (χ2v) is 7.59. The van der Waals surface area contributed by atoms with Crippen molar-refractivity contribution in [2.45, 2.75) is 57.2 Å². The van der Waals surface area contributed by atoms with E-state index in [0.717, 1.165) is 32.1 Å². The first-order chi connectivity index (χ1) is 10.0. The van der Waals surface area contributed by atoms with Crippen molar-refractivity contribution in [1.82, 2.24) is 0 Å². The van der Waals surface area contributed by atoms with Crippen LogP contribution in [0.5, 0.6) is 5.75 Å². The van der Waals surface area contributed by atoms with Crippen molar-refractivity contribution in [2.24, 2.45) is 17.3 Å². The molecule has 22 heavy (non-hydrogen) atoms. The summed E-state index contributed by atoms with van der Waals surface area (Å²) in [6.45, 7) is 2.17. The molecule has 0 aliphatic heterocycles. The average Bonchev–Trinajstić information content (AvgIpc) is 2.70. The molecular formula is C18H25BrO3. The minimum absolute atomic E-state index is 0. The minimum Gasteiger partial charge on any atom is -0.508 e. The molecule has 1 aromatic carbocycles. The molecule has 0 spiro atoms. The van der Waals surface area contributed by atoms with Crippen molar-refractivity contribution < 1.29 is 15.3 Å². The van der Waals surface area contributed by atoms with Gasteiger partial charge in [0, 0.05) is 0 Å². The Kier molecular flexibility index (Phi) is 4.07. The van der Waals surface area contributed by atoms with Gasteiger partial charge in [0.05, 0.1) is 12.2 Å². The van der Waals surface area contributed by atoms with Gasteiger partial charge in [0.15, 0.2) is 0 Å². The van der Waals surface area contributed by atoms with Gasteiger partial charge in [0.25, 0.3) is 0 Å². The van der Waals surface area contributed by atoms with Gasteiger partial charge in [-0.05, 0) is 78.5 Å². The molecule has 0 radical (unpaired) electrons. The number of aryl methyl sites for hydroxylation is 1. The van der Waals surface area contributed by atoms with Crippen LogP contribution < -0.4 is 0 Å². The molecule has 0 amide bonds. The average molecular weight is 369 g/mol. The lowest BCUT2D eigenvalue weighted by Gasteiger charge is -2.49. The summed E-state index contributed by atoms with van der Waals surface area (Å²) in [5, 5.41) is 30.2. The summed E-state index contributed by atoms with van der Waals surface area (Å²) in [5.74, 6) is 1.88. The summed E-state index contributed by atoms with van der Waals surface area (Å²) in [5.41, 5.74) is 2.57. The molecule has 4 heteroatoms. The predicted molar refractivity (Wildman–Crippen MR) is 90.4 cm³/mol. The van der Waals surface area contributed by atoms with Crippen molar-refractivity contribution in [3.05, 3.63) is 29.3 Å². The third-order valence-corrected chi connectivity index (χ3v) is 6.68. The van der Waals surface area contributed by atoms with Gasteiger partial charge in [0.2, 0.25) is 0 Å². The number of halogens is 1. The zero-order valence-corrected chi connectivity index (χ0v) is 14.6. The van der Waals surface area contributed by atoms with Crippen molar-refractivity contribution in [3.8, 4) is 5.75 Å². The lowest BCUT2D eigenvalue weighted by Crippen LogP contribution is -2.44. The molecule has 3 aliphatic rings. The van der Waals surface area contributed by atoms with Crippen molar-refractivity contribution >= 4 is 17.0 Å². The highest BCUT2D eigenvalue weighted by Crippen LogP contribution is 2.60. The van der Waals surface area contributed by atoms with Gasteiger partial charge in [-0.3, -0.25) is 0 Å². The third kappa shape index (κ3) is 2.15. The Morgan fingerprint density at radius 2 is 1.95 bits per heavy atom. The molecule has 6 atom stereocenters. The molecule has 0 bridgehead atoms. The Morgan fingerprint density at radius 1 is 1.18 bits per heavy atom. The molecule has 0 heterocycles. The second-order valence-electron chi connectivity index (χ2n) is 7.59. The monoisotopic (exact) mass is 368 g/mol. The van der Waals surface area contributed by atoms with Gasteiger partial charge in [0.1, 0.15) is 5.75 Å². The number of rotatable bonds is 0. The molecule has 3 aliphatic carbocycles. The van der Waals surface area contributed by atoms with E-state index in [1.165, 1.54) is 11.1 Å². The second kappa shape index (κ2) is 5.50. The van der Waals surface area contributed by atoms with Crippen LogP contribution in [0.4, 0.5) is 0 Å². The summed E-state index contributed by atoms with van der Waals surface area (Å²) in [6, 6.07) is 5.80. The maximum absolute atomic E-state index is 10.4. The van der Waals surface area contributed by atoms with Crippen LogP contribution in [-0.4, -0.2) is 27.5 Å². The molecule has 0 saturated heterocycles. The van der Waals surface area contributed by atoms with Crippen molar-refractivity contribution in [3.63, 3.8) is 0 Å². The first-order valence-corrected chi connectivity index (χ1v) is 8.18. The van der Waals surface area contributed by atoms with Crippen LogP contribution in [0.25, 0.3) is 0 Å². The number of aliphatic hydroxyl groups is 2. The molecule has 1 aromatic rings. The molecule has 2 fully saturated rings. The summed E-state index contributed by atoms with van der Waals surface area (Å²) >= 11 is 0. The van der Waals surface area contributed by atoms with E-state index in [1.807, 2.05) is 6.07 Å². The van der Waals surface area contributed by atoms with Crippen LogP contribution in [0.2, 0.25) is 0 Å². The Balaban J connectivity index is 0.00000144. The van der Waals surface area contributed by atoms with Crippen LogP contribution in [0.1, 0.15) is 49.7 Å². The lowest BCUT2D eigenvalue weighted by molar-refractivity contribution is -0.0505. The van der Waals surface area contributed by atoms with Crippen LogP contribution in [0.15, 0.2) is 18.2 Å². The van der Waals surface area contributed by atoms with E-state index in [2.05, 4.69) is 13.0 Å². The molecule has 0 unspecified atom stereocenters. The Bertz CT molecular complexity index is 575. The normalized spacial score (nSPS) is 42.8. The molecule has 122 valence electrons. The number of benzene rings is 1. The van der Waals surface area contributed by atoms with Crippen molar-refractivity contribution in [1.29, 1.82) is 0 Å². The third-order valence-electron chi connectivity index (χ3n) is 6.68. The maximum Gasteiger partial charge on any atom is 0.115 e. The number of fused-ring (bicyclic) bond motifs is 5. The standard InChI is InChI=1S/C18H24O3.BrH/c1-18-7-6-13-12-5-3-11(19)8-10(12)2-4-14(13)15(18)9-16(20)17(18)21;/h3,5,8,13-17,19-21H,2,4,6-7,9H2,1H3;1H/t13-,14-,15+,16-,17+,18+;/m1./s1. The fourth-order valence-electron chi connectivity index (χ4n) is 5.56. The molecule has 3 nitrogen and oxygen atoms in total. The van der Waals surface area contributed by atoms with E-state index in [4.69, 9.17) is 0 Å². The van der Waals surface area contributed by atoms with Crippen LogP contribution in [0.3, 0.4) is 0 Å². The summed E-state index contributed by atoms with van der Waals surface area (Å²) in [4.78, 5) is 0. The van der Waals surface area contributed by atoms with Gasteiger partial charge in [-0.15, -0.1) is 17.0 Å². The van der Waals surface area contributed by atoms with Gasteiger partial charge < -0.3 is 15.3 Å². The van der Waals surface area contributed by atoms with Crippen LogP contribution in [-0.2, 0) is 6.42 Å². The van der Waals surface area contributed by atoms with Crippen LogP contribution in [0, 0.1) is 17.3 Å². The van der Waals surface area contributed by atoms with E-state index in [9.17, 15) is 15.3 Å². The lowest BCUT2D eigenvalue weighted by atomic mass is 9.55. The van der Waals surface area contributed by atoms with Gasteiger partial charge >= 0.3 is 0 Å². The molecule has 4 rings (SSSR count). The van der Waals surface area contributed by atoms with Gasteiger partial charge in [-0.2, -0.15) is 0 Å². The minimum atomic E-state index is -0.565. The topological polar surface area (TPSA) is 60.7 Å². The summed E-state index contributed by atoms with van der Waals surface area (Å²) in [7, 11) is 0. The number of phenolic OH excluding ortho intramolecular Hbond substituents is 1. The summed E-state index contributed by atoms with van der Waals surface area (Å²) < 4.78 is 0. The van der Waals surface area contributed by atoms with E-state index in [1.54, 1.807) is 6.07 Å². The van der Waals surface area contributed by atoms with Gasteiger partial charge in [-0.1, -0.05) is 13.0 Å². The van der Waals surface area contributed by atoms with Crippen molar-refractivity contribution in [2.75, 3.05) is 0 Å². The highest BCUT2D eigenvalue weighted by Gasteiger charge is 2.57. The SMILES string of the molecule is Br.C[C@]12CC[C@@H]3c4ccc(O)cc4CC[C@H]3[C@@H]1C[C@@H](O)[C@@H]2O. The fourth-order valence-corrected chi connectivity index (χ4v) is 5.56. The number of phenols is 1. The number of hydrogen-bond acceptors (Lipinski definition) is 3. The molecule has 2 saturated carbocycles. The molecule has 0 aromatic heterocycles. The van der Waals surface area contributed by atoms with E-state index < -0.39 is 12.2 Å². The predicted octanol–water partition coefficient (Wildman–Crippen LogP) is 3.16. The summed E-state index contributed by atoms with van der Waals surface area (Å²) in [6.07, 6.45) is 3.80. The highest BCUT2D eigenvalue weighted by molar-refractivity contribution is 8.93. The van der Waals surface area contributed by atoms with E-state index in [0.29, 0.717) is 23.5 Å². The number of hydrogen-bond donors (Lipinski definition) is 3. The van der Waals surface area contributed by atoms with E-state index >= 15 is 0 Å². The Morgan fingerprint density at radius 3 is 2.73 bits per heavy atom. The quantitative estimate of drug-likeness (QED) is 0.659. The van der Waals surface area contributed by atoms with Gasteiger partial charge in [-0.25, -0.2) is 0 Å². The highest BCUT2D eigenvalue weighted by atomic mass is 79.9. The Labute approximate surface area is 142 Å². The number of aromatic hydroxyl groups is 1. The Hall–Kier alpha value is -0.580. The smallest absolute Gasteiger partial charge is 0.115 e.